The molecule has 0 unspecified atom stereocenters. The summed E-state index contributed by atoms with van der Waals surface area (Å²) < 4.78 is 1.11. The summed E-state index contributed by atoms with van der Waals surface area (Å²) in [6, 6.07) is 25.1. The van der Waals surface area contributed by atoms with E-state index < -0.39 is 0 Å². The van der Waals surface area contributed by atoms with Crippen molar-refractivity contribution in [3.63, 3.8) is 0 Å². The fourth-order valence-corrected chi connectivity index (χ4v) is 2.49. The zero-order valence-electron chi connectivity index (χ0n) is 12.3. The largest absolute Gasteiger partial charge is 0.356 e. The molecule has 0 saturated heterocycles. The fourth-order valence-electron chi connectivity index (χ4n) is 2.13. The molecule has 0 aliphatic heterocycles. The first-order valence-corrected chi connectivity index (χ1v) is 8.28. The first-order valence-electron chi connectivity index (χ1n) is 7.20. The molecule has 3 aromatic rings. The average Bonchev–Trinajstić information content (AvgIpc) is 2.58. The minimum atomic E-state index is -0.106. The zero-order chi connectivity index (χ0) is 16.1. The second-order valence-corrected chi connectivity index (χ2v) is 6.28. The highest BCUT2D eigenvalue weighted by Crippen LogP contribution is 2.19. The monoisotopic (exact) mass is 414 g/mol. The summed E-state index contributed by atoms with van der Waals surface area (Å²) >= 11 is 2.22. The SMILES string of the molecule is O=C(Nc1ccc(Nc2ccccc2)cc1)c1ccc(I)cc1. The summed E-state index contributed by atoms with van der Waals surface area (Å²) in [5, 5.41) is 6.21. The van der Waals surface area contributed by atoms with Gasteiger partial charge in [-0.1, -0.05) is 18.2 Å². The molecular weight excluding hydrogens is 399 g/mol. The van der Waals surface area contributed by atoms with Crippen LogP contribution in [0, 0.1) is 3.57 Å². The molecule has 1 amide bonds. The van der Waals surface area contributed by atoms with Crippen molar-refractivity contribution in [3.8, 4) is 0 Å². The Kier molecular flexibility index (Phi) is 4.92. The van der Waals surface area contributed by atoms with Crippen molar-refractivity contribution in [1.82, 2.24) is 0 Å². The molecule has 2 N–H and O–H groups in total. The minimum absolute atomic E-state index is 0.106. The lowest BCUT2D eigenvalue weighted by Crippen LogP contribution is -2.11. The molecule has 0 aliphatic rings. The summed E-state index contributed by atoms with van der Waals surface area (Å²) in [5.74, 6) is -0.106. The van der Waals surface area contributed by atoms with Crippen molar-refractivity contribution in [2.75, 3.05) is 10.6 Å². The van der Waals surface area contributed by atoms with Crippen molar-refractivity contribution in [2.24, 2.45) is 0 Å². The first-order chi connectivity index (χ1) is 11.2. The molecule has 0 radical (unpaired) electrons. The molecule has 0 heterocycles. The lowest BCUT2D eigenvalue weighted by molar-refractivity contribution is 0.102. The van der Waals surface area contributed by atoms with Gasteiger partial charge in [-0.05, 0) is 83.3 Å². The van der Waals surface area contributed by atoms with E-state index in [0.717, 1.165) is 20.6 Å². The number of nitrogens with one attached hydrogen (secondary N) is 2. The maximum Gasteiger partial charge on any atom is 0.255 e. The number of hydrogen-bond donors (Lipinski definition) is 2. The molecule has 23 heavy (non-hydrogen) atoms. The van der Waals surface area contributed by atoms with Gasteiger partial charge in [0.25, 0.3) is 5.91 Å². The first kappa shape index (κ1) is 15.6. The van der Waals surface area contributed by atoms with Crippen molar-refractivity contribution in [1.29, 1.82) is 0 Å². The van der Waals surface area contributed by atoms with Crippen molar-refractivity contribution >= 4 is 45.6 Å². The number of halogens is 1. The number of anilines is 3. The predicted molar refractivity (Wildman–Crippen MR) is 103 cm³/mol. The number of amides is 1. The molecule has 114 valence electrons. The molecule has 3 aromatic carbocycles. The third-order valence-electron chi connectivity index (χ3n) is 3.31. The molecule has 4 heteroatoms. The van der Waals surface area contributed by atoms with E-state index >= 15 is 0 Å². The van der Waals surface area contributed by atoms with Gasteiger partial charge in [0, 0.05) is 26.2 Å². The Balaban J connectivity index is 1.65. The highest BCUT2D eigenvalue weighted by atomic mass is 127. The maximum atomic E-state index is 12.2. The maximum absolute atomic E-state index is 12.2. The van der Waals surface area contributed by atoms with Gasteiger partial charge >= 0.3 is 0 Å². The molecule has 0 spiro atoms. The van der Waals surface area contributed by atoms with Gasteiger partial charge in [0.2, 0.25) is 0 Å². The van der Waals surface area contributed by atoms with Crippen molar-refractivity contribution < 1.29 is 4.79 Å². The van der Waals surface area contributed by atoms with E-state index in [1.54, 1.807) is 0 Å². The Morgan fingerprint density at radius 2 is 1.26 bits per heavy atom. The standard InChI is InChI=1S/C19H15IN2O/c20-15-8-6-14(7-9-15)19(23)22-18-12-10-17(11-13-18)21-16-4-2-1-3-5-16/h1-13,21H,(H,22,23). The average molecular weight is 414 g/mol. The smallest absolute Gasteiger partial charge is 0.255 e. The predicted octanol–water partition coefficient (Wildman–Crippen LogP) is 5.29. The second-order valence-electron chi connectivity index (χ2n) is 5.03. The molecule has 0 fully saturated rings. The molecule has 0 aromatic heterocycles. The Morgan fingerprint density at radius 1 is 0.696 bits per heavy atom. The molecule has 3 nitrogen and oxygen atoms in total. The highest BCUT2D eigenvalue weighted by Gasteiger charge is 2.05. The van der Waals surface area contributed by atoms with Gasteiger partial charge in [-0.15, -0.1) is 0 Å². The molecule has 0 atom stereocenters. The van der Waals surface area contributed by atoms with E-state index in [4.69, 9.17) is 0 Å². The van der Waals surface area contributed by atoms with Crippen LogP contribution >= 0.6 is 22.6 Å². The Hall–Kier alpha value is -2.34. The van der Waals surface area contributed by atoms with Crippen LogP contribution in [0.15, 0.2) is 78.9 Å². The molecule has 0 saturated carbocycles. The molecule has 3 rings (SSSR count). The van der Waals surface area contributed by atoms with E-state index in [0.29, 0.717) is 5.56 Å². The number of benzene rings is 3. The van der Waals surface area contributed by atoms with Gasteiger partial charge in [0.15, 0.2) is 0 Å². The van der Waals surface area contributed by atoms with E-state index in [9.17, 15) is 4.79 Å². The van der Waals surface area contributed by atoms with Crippen LogP contribution in [-0.2, 0) is 0 Å². The Labute approximate surface area is 148 Å². The van der Waals surface area contributed by atoms with Gasteiger partial charge in [-0.25, -0.2) is 0 Å². The quantitative estimate of drug-likeness (QED) is 0.570. The van der Waals surface area contributed by atoms with Crippen LogP contribution in [0.25, 0.3) is 0 Å². The minimum Gasteiger partial charge on any atom is -0.356 e. The van der Waals surface area contributed by atoms with E-state index in [1.807, 2.05) is 78.9 Å². The van der Waals surface area contributed by atoms with Gasteiger partial charge in [-0.3, -0.25) is 4.79 Å². The summed E-state index contributed by atoms with van der Waals surface area (Å²) in [5.41, 5.74) is 3.43. The fraction of sp³-hybridized carbons (Fsp3) is 0. The number of hydrogen-bond acceptors (Lipinski definition) is 2. The summed E-state index contributed by atoms with van der Waals surface area (Å²) in [6.45, 7) is 0. The van der Waals surface area contributed by atoms with E-state index in [2.05, 4.69) is 33.2 Å². The third-order valence-corrected chi connectivity index (χ3v) is 4.03. The Morgan fingerprint density at radius 3 is 1.91 bits per heavy atom. The van der Waals surface area contributed by atoms with Crippen LogP contribution in [-0.4, -0.2) is 5.91 Å². The van der Waals surface area contributed by atoms with Crippen LogP contribution in [0.1, 0.15) is 10.4 Å². The van der Waals surface area contributed by atoms with Crippen LogP contribution in [0.4, 0.5) is 17.1 Å². The molecule has 0 bridgehead atoms. The topological polar surface area (TPSA) is 41.1 Å². The van der Waals surface area contributed by atoms with Gasteiger partial charge < -0.3 is 10.6 Å². The lowest BCUT2D eigenvalue weighted by Gasteiger charge is -2.09. The van der Waals surface area contributed by atoms with Gasteiger partial charge in [0.1, 0.15) is 0 Å². The van der Waals surface area contributed by atoms with Crippen molar-refractivity contribution in [2.45, 2.75) is 0 Å². The van der Waals surface area contributed by atoms with E-state index in [1.165, 1.54) is 0 Å². The van der Waals surface area contributed by atoms with Gasteiger partial charge in [-0.2, -0.15) is 0 Å². The lowest BCUT2D eigenvalue weighted by atomic mass is 10.2. The molecular formula is C19H15IN2O. The summed E-state index contributed by atoms with van der Waals surface area (Å²) in [6.07, 6.45) is 0. The zero-order valence-corrected chi connectivity index (χ0v) is 14.4. The van der Waals surface area contributed by atoms with Gasteiger partial charge in [0.05, 0.1) is 0 Å². The summed E-state index contributed by atoms with van der Waals surface area (Å²) in [4.78, 5) is 12.2. The highest BCUT2D eigenvalue weighted by molar-refractivity contribution is 14.1. The third kappa shape index (κ3) is 4.32. The second kappa shape index (κ2) is 7.28. The van der Waals surface area contributed by atoms with Crippen LogP contribution in [0.2, 0.25) is 0 Å². The summed E-state index contributed by atoms with van der Waals surface area (Å²) in [7, 11) is 0. The van der Waals surface area contributed by atoms with E-state index in [-0.39, 0.29) is 5.91 Å². The number of para-hydroxylation sites is 1. The number of carbonyl (C=O) groups excluding carboxylic acids is 1. The van der Waals surface area contributed by atoms with Crippen molar-refractivity contribution in [3.05, 3.63) is 88.0 Å². The number of rotatable bonds is 4. The normalized spacial score (nSPS) is 10.1. The van der Waals surface area contributed by atoms with Crippen LogP contribution < -0.4 is 10.6 Å². The molecule has 0 aliphatic carbocycles. The number of carbonyl (C=O) groups is 1. The van der Waals surface area contributed by atoms with Crippen LogP contribution in [0.3, 0.4) is 0 Å². The van der Waals surface area contributed by atoms with Crippen LogP contribution in [0.5, 0.6) is 0 Å². The Bertz CT molecular complexity index is 784.